The van der Waals surface area contributed by atoms with E-state index in [1.54, 1.807) is 6.07 Å². The summed E-state index contributed by atoms with van der Waals surface area (Å²) in [5, 5.41) is 4.99. The summed E-state index contributed by atoms with van der Waals surface area (Å²) in [7, 11) is 0. The van der Waals surface area contributed by atoms with E-state index in [0.29, 0.717) is 15.9 Å². The predicted molar refractivity (Wildman–Crippen MR) is 83.7 cm³/mol. The van der Waals surface area contributed by atoms with Crippen LogP contribution in [0.3, 0.4) is 0 Å². The highest BCUT2D eigenvalue weighted by Gasteiger charge is 2.10. The maximum Gasteiger partial charge on any atom is 0.146 e. The van der Waals surface area contributed by atoms with Crippen molar-refractivity contribution < 1.29 is 0 Å². The number of rotatable bonds is 4. The van der Waals surface area contributed by atoms with Crippen molar-refractivity contribution >= 4 is 40.8 Å². The third kappa shape index (κ3) is 3.78. The van der Waals surface area contributed by atoms with Crippen molar-refractivity contribution in [2.45, 2.75) is 23.8 Å². The van der Waals surface area contributed by atoms with E-state index in [0.717, 1.165) is 16.5 Å². The van der Waals surface area contributed by atoms with Crippen molar-refractivity contribution in [3.63, 3.8) is 0 Å². The maximum atomic E-state index is 6.20. The highest BCUT2D eigenvalue weighted by Crippen LogP contribution is 2.35. The van der Waals surface area contributed by atoms with Crippen LogP contribution in [0.2, 0.25) is 10.0 Å². The molecule has 0 amide bonds. The molecule has 1 aromatic heterocycles. The number of halogens is 2. The number of anilines is 1. The molecule has 19 heavy (non-hydrogen) atoms. The number of nitrogens with one attached hydrogen (secondary N) is 1. The maximum absolute atomic E-state index is 6.20. The molecule has 0 spiro atoms. The molecule has 0 unspecified atom stereocenters. The van der Waals surface area contributed by atoms with Gasteiger partial charge in [0.05, 0.1) is 10.0 Å². The number of pyridine rings is 1. The molecular formula is C14H14Cl2N2S. The lowest BCUT2D eigenvalue weighted by Crippen LogP contribution is -2.00. The van der Waals surface area contributed by atoms with Gasteiger partial charge < -0.3 is 5.32 Å². The fourth-order valence-corrected chi connectivity index (χ4v) is 3.05. The monoisotopic (exact) mass is 312 g/mol. The van der Waals surface area contributed by atoms with Gasteiger partial charge in [0.25, 0.3) is 0 Å². The van der Waals surface area contributed by atoms with Gasteiger partial charge in [0, 0.05) is 11.4 Å². The van der Waals surface area contributed by atoms with Gasteiger partial charge in [-0.25, -0.2) is 4.98 Å². The Bertz CT molecular complexity index is 588. The highest BCUT2D eigenvalue weighted by molar-refractivity contribution is 7.99. The fraction of sp³-hybridized carbons (Fsp3) is 0.214. The van der Waals surface area contributed by atoms with Gasteiger partial charge in [-0.2, -0.15) is 0 Å². The molecule has 1 heterocycles. The minimum absolute atomic E-state index is 0.542. The highest BCUT2D eigenvalue weighted by atomic mass is 35.5. The molecule has 0 saturated heterocycles. The molecule has 0 fully saturated rings. The van der Waals surface area contributed by atoms with Crippen molar-refractivity contribution in [2.24, 2.45) is 0 Å². The van der Waals surface area contributed by atoms with Crippen molar-refractivity contribution in [1.29, 1.82) is 0 Å². The Morgan fingerprint density at radius 1 is 1.21 bits per heavy atom. The molecule has 0 aliphatic rings. The Morgan fingerprint density at radius 2 is 2.00 bits per heavy atom. The topological polar surface area (TPSA) is 24.9 Å². The lowest BCUT2D eigenvalue weighted by Gasteiger charge is -2.09. The molecule has 5 heteroatoms. The standard InChI is InChI=1S/C14H14Cl2N2S/c1-3-17-13-11(15)8-12(16)14(18-13)19-10-6-4-5-9(2)7-10/h4-8H,3H2,1-2H3,(H,17,18). The lowest BCUT2D eigenvalue weighted by atomic mass is 10.2. The summed E-state index contributed by atoms with van der Waals surface area (Å²) in [5.41, 5.74) is 1.21. The average Bonchev–Trinajstić information content (AvgIpc) is 2.35. The summed E-state index contributed by atoms with van der Waals surface area (Å²) < 4.78 is 0. The van der Waals surface area contributed by atoms with Gasteiger partial charge in [-0.1, -0.05) is 52.7 Å². The van der Waals surface area contributed by atoms with Crippen LogP contribution in [0.5, 0.6) is 0 Å². The van der Waals surface area contributed by atoms with Crippen molar-refractivity contribution in [2.75, 3.05) is 11.9 Å². The Morgan fingerprint density at radius 3 is 2.68 bits per heavy atom. The molecule has 0 radical (unpaired) electrons. The smallest absolute Gasteiger partial charge is 0.146 e. The Balaban J connectivity index is 2.31. The van der Waals surface area contributed by atoms with Crippen LogP contribution in [0, 0.1) is 6.92 Å². The number of aryl methyl sites for hydroxylation is 1. The summed E-state index contributed by atoms with van der Waals surface area (Å²) in [4.78, 5) is 5.58. The second kappa shape index (κ2) is 6.51. The molecule has 1 aromatic carbocycles. The number of benzene rings is 1. The SMILES string of the molecule is CCNc1nc(Sc2cccc(C)c2)c(Cl)cc1Cl. The van der Waals surface area contributed by atoms with Gasteiger partial charge in [-0.05, 0) is 32.0 Å². The van der Waals surface area contributed by atoms with Crippen LogP contribution in [-0.2, 0) is 0 Å². The third-order valence-corrected chi connectivity index (χ3v) is 4.13. The Hall–Kier alpha value is -0.900. The molecule has 0 aliphatic carbocycles. The summed E-state index contributed by atoms with van der Waals surface area (Å²) in [5.74, 6) is 0.670. The first-order valence-electron chi connectivity index (χ1n) is 5.94. The number of hydrogen-bond donors (Lipinski definition) is 1. The predicted octanol–water partition coefficient (Wildman–Crippen LogP) is 5.28. The van der Waals surface area contributed by atoms with Gasteiger partial charge in [0.15, 0.2) is 0 Å². The van der Waals surface area contributed by atoms with E-state index in [-0.39, 0.29) is 0 Å². The van der Waals surface area contributed by atoms with E-state index in [9.17, 15) is 0 Å². The molecular weight excluding hydrogens is 299 g/mol. The lowest BCUT2D eigenvalue weighted by molar-refractivity contribution is 1.08. The molecule has 2 nitrogen and oxygen atoms in total. The van der Waals surface area contributed by atoms with E-state index in [4.69, 9.17) is 23.2 Å². The van der Waals surface area contributed by atoms with Gasteiger partial charge in [0.2, 0.25) is 0 Å². The van der Waals surface area contributed by atoms with E-state index in [1.165, 1.54) is 17.3 Å². The Kier molecular flexibility index (Phi) is 4.97. The minimum Gasteiger partial charge on any atom is -0.369 e. The molecule has 0 atom stereocenters. The molecule has 2 aromatic rings. The second-order valence-corrected chi connectivity index (χ2v) is 5.93. The van der Waals surface area contributed by atoms with E-state index in [1.807, 2.05) is 19.1 Å². The molecule has 0 bridgehead atoms. The quantitative estimate of drug-likeness (QED) is 0.831. The van der Waals surface area contributed by atoms with E-state index < -0.39 is 0 Å². The van der Waals surface area contributed by atoms with Gasteiger partial charge in [0.1, 0.15) is 10.8 Å². The number of hydrogen-bond acceptors (Lipinski definition) is 3. The largest absolute Gasteiger partial charge is 0.369 e. The molecule has 100 valence electrons. The zero-order valence-electron chi connectivity index (χ0n) is 10.7. The van der Waals surface area contributed by atoms with Crippen LogP contribution >= 0.6 is 35.0 Å². The van der Waals surface area contributed by atoms with Crippen LogP contribution in [0.15, 0.2) is 40.3 Å². The van der Waals surface area contributed by atoms with Crippen LogP contribution in [-0.4, -0.2) is 11.5 Å². The van der Waals surface area contributed by atoms with Crippen molar-refractivity contribution in [1.82, 2.24) is 4.98 Å². The summed E-state index contributed by atoms with van der Waals surface area (Å²) in [6.07, 6.45) is 0. The Labute approximate surface area is 127 Å². The fourth-order valence-electron chi connectivity index (χ4n) is 1.60. The average molecular weight is 313 g/mol. The zero-order valence-corrected chi connectivity index (χ0v) is 13.0. The zero-order chi connectivity index (χ0) is 13.8. The normalized spacial score (nSPS) is 10.5. The molecule has 1 N–H and O–H groups in total. The first-order chi connectivity index (χ1) is 9.10. The van der Waals surface area contributed by atoms with Crippen LogP contribution in [0.1, 0.15) is 12.5 Å². The van der Waals surface area contributed by atoms with Crippen LogP contribution < -0.4 is 5.32 Å². The number of aromatic nitrogens is 1. The van der Waals surface area contributed by atoms with E-state index in [2.05, 4.69) is 29.4 Å². The molecule has 2 rings (SSSR count). The third-order valence-electron chi connectivity index (χ3n) is 2.45. The summed E-state index contributed by atoms with van der Waals surface area (Å²) in [6.45, 7) is 4.83. The first-order valence-corrected chi connectivity index (χ1v) is 7.52. The van der Waals surface area contributed by atoms with Gasteiger partial charge in [-0.3, -0.25) is 0 Å². The van der Waals surface area contributed by atoms with Crippen molar-refractivity contribution in [3.05, 3.63) is 45.9 Å². The molecule has 0 saturated carbocycles. The van der Waals surface area contributed by atoms with Gasteiger partial charge in [-0.15, -0.1) is 0 Å². The second-order valence-electron chi connectivity index (χ2n) is 4.05. The van der Waals surface area contributed by atoms with Crippen LogP contribution in [0.4, 0.5) is 5.82 Å². The summed E-state index contributed by atoms with van der Waals surface area (Å²) >= 11 is 13.8. The molecule has 0 aliphatic heterocycles. The van der Waals surface area contributed by atoms with E-state index >= 15 is 0 Å². The number of nitrogens with zero attached hydrogens (tertiary/aromatic N) is 1. The minimum atomic E-state index is 0.542. The summed E-state index contributed by atoms with van der Waals surface area (Å²) in [6, 6.07) is 9.95. The first kappa shape index (κ1) is 14.5. The van der Waals surface area contributed by atoms with Gasteiger partial charge >= 0.3 is 0 Å². The van der Waals surface area contributed by atoms with Crippen molar-refractivity contribution in [3.8, 4) is 0 Å². The van der Waals surface area contributed by atoms with Crippen LogP contribution in [0.25, 0.3) is 0 Å².